The molecule has 4 heteroatoms. The maximum Gasteiger partial charge on any atom is 0.155 e. The molecule has 104 valence electrons. The van der Waals surface area contributed by atoms with Gasteiger partial charge in [0.05, 0.1) is 6.20 Å². The number of hydrogen-bond donors (Lipinski definition) is 2. The van der Waals surface area contributed by atoms with Gasteiger partial charge in [-0.3, -0.25) is 5.10 Å². The number of aromatic amines is 1. The predicted molar refractivity (Wildman–Crippen MR) is 84.8 cm³/mol. The molecule has 4 rings (SSSR count). The molecule has 0 saturated heterocycles. The van der Waals surface area contributed by atoms with E-state index in [1.165, 1.54) is 22.3 Å². The fraction of sp³-hybridized carbons (Fsp3) is 0.176. The first kappa shape index (κ1) is 12.3. The predicted octanol–water partition coefficient (Wildman–Crippen LogP) is 3.00. The minimum absolute atomic E-state index is 0.832. The number of pyridine rings is 1. The zero-order chi connectivity index (χ0) is 14.1. The van der Waals surface area contributed by atoms with E-state index in [0.717, 1.165) is 30.5 Å². The molecule has 2 aromatic heterocycles. The Morgan fingerprint density at radius 1 is 1.10 bits per heavy atom. The summed E-state index contributed by atoms with van der Waals surface area (Å²) in [6.45, 7) is 2.01. The van der Waals surface area contributed by atoms with Crippen LogP contribution in [0.2, 0.25) is 0 Å². The third-order valence-electron chi connectivity index (χ3n) is 3.96. The normalized spacial score (nSPS) is 15.1. The van der Waals surface area contributed by atoms with Gasteiger partial charge in [0.2, 0.25) is 0 Å². The van der Waals surface area contributed by atoms with Crippen molar-refractivity contribution in [1.82, 2.24) is 20.5 Å². The molecule has 0 unspecified atom stereocenters. The molecule has 0 saturated carbocycles. The summed E-state index contributed by atoms with van der Waals surface area (Å²) in [5, 5.41) is 11.4. The summed E-state index contributed by atoms with van der Waals surface area (Å²) in [7, 11) is 0. The average Bonchev–Trinajstić information content (AvgIpc) is 3.04. The molecule has 1 aromatic carbocycles. The van der Waals surface area contributed by atoms with E-state index >= 15 is 0 Å². The highest BCUT2D eigenvalue weighted by Crippen LogP contribution is 2.29. The van der Waals surface area contributed by atoms with Gasteiger partial charge in [0.25, 0.3) is 0 Å². The smallest absolute Gasteiger partial charge is 0.155 e. The summed E-state index contributed by atoms with van der Waals surface area (Å²) in [6, 6.07) is 10.8. The van der Waals surface area contributed by atoms with E-state index < -0.39 is 0 Å². The number of hydrogen-bond acceptors (Lipinski definition) is 3. The molecule has 4 nitrogen and oxygen atoms in total. The number of fused-ring (bicyclic) bond motifs is 1. The van der Waals surface area contributed by atoms with E-state index in [0.29, 0.717) is 0 Å². The van der Waals surface area contributed by atoms with E-state index in [4.69, 9.17) is 0 Å². The average molecular weight is 276 g/mol. The fourth-order valence-electron chi connectivity index (χ4n) is 2.87. The van der Waals surface area contributed by atoms with Crippen LogP contribution >= 0.6 is 0 Å². The molecule has 0 bridgehead atoms. The lowest BCUT2D eigenvalue weighted by Gasteiger charge is -2.15. The highest BCUT2D eigenvalue weighted by atomic mass is 15.1. The Balaban J connectivity index is 1.82. The molecule has 0 spiro atoms. The van der Waals surface area contributed by atoms with Crippen molar-refractivity contribution in [3.8, 4) is 11.1 Å². The van der Waals surface area contributed by atoms with Crippen LogP contribution in [-0.4, -0.2) is 28.3 Å². The Labute approximate surface area is 122 Å². The first-order valence-corrected chi connectivity index (χ1v) is 7.20. The first-order valence-electron chi connectivity index (χ1n) is 7.20. The maximum atomic E-state index is 4.30. The van der Waals surface area contributed by atoms with Crippen molar-refractivity contribution in [2.75, 3.05) is 13.1 Å². The van der Waals surface area contributed by atoms with Crippen LogP contribution in [0.15, 0.2) is 48.8 Å². The van der Waals surface area contributed by atoms with Gasteiger partial charge >= 0.3 is 0 Å². The second-order valence-corrected chi connectivity index (χ2v) is 5.26. The van der Waals surface area contributed by atoms with Crippen molar-refractivity contribution >= 4 is 16.6 Å². The van der Waals surface area contributed by atoms with Crippen LogP contribution in [0.5, 0.6) is 0 Å². The molecule has 0 aliphatic carbocycles. The van der Waals surface area contributed by atoms with Gasteiger partial charge < -0.3 is 5.32 Å². The van der Waals surface area contributed by atoms with Crippen molar-refractivity contribution in [2.45, 2.75) is 6.42 Å². The zero-order valence-electron chi connectivity index (χ0n) is 11.6. The molecule has 0 fully saturated rings. The minimum Gasteiger partial charge on any atom is -0.313 e. The number of H-pyrrole nitrogens is 1. The zero-order valence-corrected chi connectivity index (χ0v) is 11.6. The van der Waals surface area contributed by atoms with E-state index in [-0.39, 0.29) is 0 Å². The summed E-state index contributed by atoms with van der Waals surface area (Å²) < 4.78 is 0. The SMILES string of the molecule is C1=C(c2cccc(-c3ccnc4[nH]ncc34)c2)CCNC1. The van der Waals surface area contributed by atoms with Crippen LogP contribution in [0, 0.1) is 0 Å². The third-order valence-corrected chi connectivity index (χ3v) is 3.96. The standard InChI is InChI=1S/C17H16N4/c1-2-13(12-4-7-18-8-5-12)10-14(3-1)15-6-9-19-17-16(15)11-20-21-17/h1-4,6,9-11,18H,5,7-8H2,(H,19,20,21). The van der Waals surface area contributed by atoms with Crippen molar-refractivity contribution in [1.29, 1.82) is 0 Å². The summed E-state index contributed by atoms with van der Waals surface area (Å²) in [5.74, 6) is 0. The Kier molecular flexibility index (Phi) is 3.01. The molecule has 0 amide bonds. The molecule has 3 aromatic rings. The van der Waals surface area contributed by atoms with Gasteiger partial charge in [0.15, 0.2) is 5.65 Å². The second kappa shape index (κ2) is 5.14. The summed E-state index contributed by atoms with van der Waals surface area (Å²) >= 11 is 0. The van der Waals surface area contributed by atoms with Gasteiger partial charge in [-0.25, -0.2) is 4.98 Å². The van der Waals surface area contributed by atoms with Crippen LogP contribution in [0.4, 0.5) is 0 Å². The van der Waals surface area contributed by atoms with Crippen molar-refractivity contribution in [2.24, 2.45) is 0 Å². The van der Waals surface area contributed by atoms with E-state index in [1.54, 1.807) is 0 Å². The lowest BCUT2D eigenvalue weighted by molar-refractivity contribution is 0.738. The molecule has 0 atom stereocenters. The van der Waals surface area contributed by atoms with Crippen molar-refractivity contribution in [3.63, 3.8) is 0 Å². The lowest BCUT2D eigenvalue weighted by atomic mass is 9.95. The number of nitrogens with one attached hydrogen (secondary N) is 2. The van der Waals surface area contributed by atoms with Crippen molar-refractivity contribution < 1.29 is 0 Å². The minimum atomic E-state index is 0.832. The van der Waals surface area contributed by atoms with Gasteiger partial charge in [-0.05, 0) is 47.4 Å². The first-order chi connectivity index (χ1) is 10.4. The largest absolute Gasteiger partial charge is 0.313 e. The topological polar surface area (TPSA) is 53.6 Å². The summed E-state index contributed by atoms with van der Waals surface area (Å²) in [5.41, 5.74) is 5.94. The van der Waals surface area contributed by atoms with Crippen LogP contribution in [-0.2, 0) is 0 Å². The van der Waals surface area contributed by atoms with E-state index in [1.807, 2.05) is 18.5 Å². The maximum absolute atomic E-state index is 4.30. The number of benzene rings is 1. The number of rotatable bonds is 2. The molecular weight excluding hydrogens is 260 g/mol. The van der Waals surface area contributed by atoms with Crippen LogP contribution in [0.25, 0.3) is 27.7 Å². The van der Waals surface area contributed by atoms with E-state index in [2.05, 4.69) is 50.8 Å². The lowest BCUT2D eigenvalue weighted by Crippen LogP contribution is -2.19. The van der Waals surface area contributed by atoms with Crippen LogP contribution in [0.3, 0.4) is 0 Å². The van der Waals surface area contributed by atoms with Crippen molar-refractivity contribution in [3.05, 3.63) is 54.4 Å². The number of nitrogens with zero attached hydrogens (tertiary/aromatic N) is 2. The molecule has 0 radical (unpaired) electrons. The molecule has 1 aliphatic rings. The monoisotopic (exact) mass is 276 g/mol. The fourth-order valence-corrected chi connectivity index (χ4v) is 2.87. The van der Waals surface area contributed by atoms with Gasteiger partial charge in [-0.15, -0.1) is 0 Å². The molecule has 21 heavy (non-hydrogen) atoms. The van der Waals surface area contributed by atoms with Gasteiger partial charge in [-0.1, -0.05) is 24.3 Å². The van der Waals surface area contributed by atoms with Crippen LogP contribution < -0.4 is 5.32 Å². The van der Waals surface area contributed by atoms with Gasteiger partial charge in [0, 0.05) is 18.1 Å². The molecule has 2 N–H and O–H groups in total. The highest BCUT2D eigenvalue weighted by molar-refractivity contribution is 5.92. The Morgan fingerprint density at radius 2 is 2.05 bits per heavy atom. The molecule has 1 aliphatic heterocycles. The Morgan fingerprint density at radius 3 is 2.95 bits per heavy atom. The van der Waals surface area contributed by atoms with E-state index in [9.17, 15) is 0 Å². The molecule has 3 heterocycles. The molecular formula is C17H16N4. The quantitative estimate of drug-likeness (QED) is 0.756. The Bertz CT molecular complexity index is 816. The third kappa shape index (κ3) is 2.23. The Hall–Kier alpha value is -2.46. The van der Waals surface area contributed by atoms with Gasteiger partial charge in [0.1, 0.15) is 0 Å². The summed E-state index contributed by atoms with van der Waals surface area (Å²) in [6.07, 6.45) is 7.03. The van der Waals surface area contributed by atoms with Gasteiger partial charge in [-0.2, -0.15) is 5.10 Å². The highest BCUT2D eigenvalue weighted by Gasteiger charge is 2.09. The second-order valence-electron chi connectivity index (χ2n) is 5.26. The summed E-state index contributed by atoms with van der Waals surface area (Å²) in [4.78, 5) is 4.30. The number of aromatic nitrogens is 3. The van der Waals surface area contributed by atoms with Crippen LogP contribution in [0.1, 0.15) is 12.0 Å².